The van der Waals surface area contributed by atoms with Crippen molar-refractivity contribution in [3.8, 4) is 5.75 Å². The van der Waals surface area contributed by atoms with Gasteiger partial charge in [0, 0.05) is 11.8 Å². The fourth-order valence-corrected chi connectivity index (χ4v) is 3.23. The van der Waals surface area contributed by atoms with Crippen LogP contribution in [0.15, 0.2) is 53.9 Å². The maximum atomic E-state index is 13.7. The Morgan fingerprint density at radius 3 is 2.67 bits per heavy atom. The number of fused-ring (bicyclic) bond motifs is 1. The number of ether oxygens (including phenoxy) is 1. The van der Waals surface area contributed by atoms with E-state index in [-0.39, 0.29) is 11.9 Å². The molecule has 2 nitrogen and oxygen atoms in total. The Labute approximate surface area is 127 Å². The zero-order chi connectivity index (χ0) is 14.7. The van der Waals surface area contributed by atoms with Crippen LogP contribution in [-0.4, -0.2) is 6.54 Å². The van der Waals surface area contributed by atoms with Gasteiger partial charge >= 0.3 is 0 Å². The summed E-state index contributed by atoms with van der Waals surface area (Å²) in [6.07, 6.45) is 0.598. The molecular weight excluding hydrogens is 285 g/mol. The third-order valence-corrected chi connectivity index (χ3v) is 4.33. The van der Waals surface area contributed by atoms with Crippen LogP contribution in [0.25, 0.3) is 10.1 Å². The first-order valence-corrected chi connectivity index (χ1v) is 7.75. The SMILES string of the molecule is NCC[C@@H](Oc1ccc(F)c2ccsc12)c1ccccc1. The standard InChI is InChI=1S/C17H16FNOS/c18-14-6-7-16(17-13(14)9-11-21-17)20-15(8-10-19)12-4-2-1-3-5-12/h1-7,9,11,15H,8,10,19H2/t15-/m1/s1. The van der Waals surface area contributed by atoms with Crippen molar-refractivity contribution in [3.05, 3.63) is 65.3 Å². The fourth-order valence-electron chi connectivity index (χ4n) is 2.36. The van der Waals surface area contributed by atoms with Gasteiger partial charge in [-0.3, -0.25) is 0 Å². The summed E-state index contributed by atoms with van der Waals surface area (Å²) < 4.78 is 20.7. The third kappa shape index (κ3) is 2.91. The number of hydrogen-bond donors (Lipinski definition) is 1. The van der Waals surface area contributed by atoms with E-state index in [1.165, 1.54) is 17.4 Å². The van der Waals surface area contributed by atoms with Crippen LogP contribution in [0, 0.1) is 5.82 Å². The van der Waals surface area contributed by atoms with Crippen molar-refractivity contribution in [2.75, 3.05) is 6.54 Å². The molecule has 0 saturated heterocycles. The lowest BCUT2D eigenvalue weighted by atomic mass is 10.1. The van der Waals surface area contributed by atoms with Crippen LogP contribution in [0.1, 0.15) is 18.1 Å². The molecule has 0 unspecified atom stereocenters. The van der Waals surface area contributed by atoms with Gasteiger partial charge in [-0.25, -0.2) is 4.39 Å². The molecule has 4 heteroatoms. The summed E-state index contributed by atoms with van der Waals surface area (Å²) in [5.41, 5.74) is 6.78. The van der Waals surface area contributed by atoms with Crippen LogP contribution in [0.4, 0.5) is 4.39 Å². The molecule has 0 aliphatic heterocycles. The maximum absolute atomic E-state index is 13.7. The molecular formula is C17H16FNOS. The van der Waals surface area contributed by atoms with Gasteiger partial charge in [0.2, 0.25) is 0 Å². The van der Waals surface area contributed by atoms with Crippen molar-refractivity contribution in [2.45, 2.75) is 12.5 Å². The summed E-state index contributed by atoms with van der Waals surface area (Å²) in [6.45, 7) is 0.536. The summed E-state index contributed by atoms with van der Waals surface area (Å²) in [4.78, 5) is 0. The first-order chi connectivity index (χ1) is 10.3. The topological polar surface area (TPSA) is 35.2 Å². The lowest BCUT2D eigenvalue weighted by Gasteiger charge is -2.19. The van der Waals surface area contributed by atoms with Crippen molar-refractivity contribution in [3.63, 3.8) is 0 Å². The molecule has 1 aromatic heterocycles. The first kappa shape index (κ1) is 14.0. The first-order valence-electron chi connectivity index (χ1n) is 6.87. The van der Waals surface area contributed by atoms with Gasteiger partial charge in [-0.15, -0.1) is 11.3 Å². The van der Waals surface area contributed by atoms with Crippen molar-refractivity contribution in [2.24, 2.45) is 5.73 Å². The van der Waals surface area contributed by atoms with E-state index in [4.69, 9.17) is 10.5 Å². The molecule has 0 aliphatic carbocycles. The molecule has 0 spiro atoms. The van der Waals surface area contributed by atoms with E-state index in [0.29, 0.717) is 24.1 Å². The van der Waals surface area contributed by atoms with Gasteiger partial charge in [0.15, 0.2) is 0 Å². The second kappa shape index (κ2) is 6.24. The van der Waals surface area contributed by atoms with Crippen molar-refractivity contribution in [1.29, 1.82) is 0 Å². The van der Waals surface area contributed by atoms with E-state index in [1.807, 2.05) is 35.7 Å². The minimum atomic E-state index is -0.214. The molecule has 0 fully saturated rings. The Hall–Kier alpha value is -1.91. The average molecular weight is 301 g/mol. The number of benzene rings is 2. The Morgan fingerprint density at radius 2 is 1.90 bits per heavy atom. The molecule has 0 saturated carbocycles. The quantitative estimate of drug-likeness (QED) is 0.752. The number of rotatable bonds is 5. The molecule has 1 atom stereocenters. The van der Waals surface area contributed by atoms with E-state index in [2.05, 4.69) is 0 Å². The highest BCUT2D eigenvalue weighted by molar-refractivity contribution is 7.17. The zero-order valence-corrected chi connectivity index (χ0v) is 12.3. The van der Waals surface area contributed by atoms with Crippen LogP contribution in [0.3, 0.4) is 0 Å². The predicted molar refractivity (Wildman–Crippen MR) is 85.3 cm³/mol. The van der Waals surface area contributed by atoms with Gasteiger partial charge in [-0.2, -0.15) is 0 Å². The zero-order valence-electron chi connectivity index (χ0n) is 11.5. The van der Waals surface area contributed by atoms with E-state index >= 15 is 0 Å². The van der Waals surface area contributed by atoms with Crippen LogP contribution in [-0.2, 0) is 0 Å². The second-order valence-corrected chi connectivity index (χ2v) is 5.72. The minimum Gasteiger partial charge on any atom is -0.484 e. The Morgan fingerprint density at radius 1 is 1.10 bits per heavy atom. The molecule has 0 radical (unpaired) electrons. The average Bonchev–Trinajstić information content (AvgIpc) is 3.01. The molecule has 2 aromatic carbocycles. The van der Waals surface area contributed by atoms with Gasteiger partial charge in [0.25, 0.3) is 0 Å². The number of nitrogens with two attached hydrogens (primary N) is 1. The normalized spacial score (nSPS) is 12.5. The van der Waals surface area contributed by atoms with Crippen LogP contribution < -0.4 is 10.5 Å². The summed E-state index contributed by atoms with van der Waals surface area (Å²) in [7, 11) is 0. The van der Waals surface area contributed by atoms with E-state index in [9.17, 15) is 4.39 Å². The van der Waals surface area contributed by atoms with Crippen LogP contribution >= 0.6 is 11.3 Å². The van der Waals surface area contributed by atoms with Crippen molar-refractivity contribution >= 4 is 21.4 Å². The molecule has 1 heterocycles. The number of hydrogen-bond acceptors (Lipinski definition) is 3. The smallest absolute Gasteiger partial charge is 0.138 e. The predicted octanol–water partition coefficient (Wildman–Crippen LogP) is 4.51. The van der Waals surface area contributed by atoms with Gasteiger partial charge in [0.05, 0.1) is 4.70 Å². The Bertz CT molecular complexity index is 726. The summed E-state index contributed by atoms with van der Waals surface area (Å²) in [5, 5.41) is 2.48. The molecule has 0 amide bonds. The fraction of sp³-hybridized carbons (Fsp3) is 0.176. The molecule has 3 rings (SSSR count). The summed E-state index contributed by atoms with van der Waals surface area (Å²) in [6, 6.07) is 14.9. The second-order valence-electron chi connectivity index (χ2n) is 4.80. The van der Waals surface area contributed by atoms with Gasteiger partial charge in [-0.05, 0) is 35.7 Å². The van der Waals surface area contributed by atoms with Gasteiger partial charge in [0.1, 0.15) is 17.7 Å². The lowest BCUT2D eigenvalue weighted by Crippen LogP contribution is -2.13. The molecule has 21 heavy (non-hydrogen) atoms. The molecule has 0 bridgehead atoms. The summed E-state index contributed by atoms with van der Waals surface area (Å²) >= 11 is 1.49. The number of halogens is 1. The third-order valence-electron chi connectivity index (χ3n) is 3.40. The molecule has 0 aliphatic rings. The Kier molecular flexibility index (Phi) is 4.18. The van der Waals surface area contributed by atoms with Crippen LogP contribution in [0.5, 0.6) is 5.75 Å². The molecule has 3 aromatic rings. The van der Waals surface area contributed by atoms with Gasteiger partial charge in [-0.1, -0.05) is 30.3 Å². The minimum absolute atomic E-state index is 0.119. The van der Waals surface area contributed by atoms with Gasteiger partial charge < -0.3 is 10.5 Å². The highest BCUT2D eigenvalue weighted by Gasteiger charge is 2.15. The van der Waals surface area contributed by atoms with Crippen LogP contribution in [0.2, 0.25) is 0 Å². The van der Waals surface area contributed by atoms with E-state index < -0.39 is 0 Å². The maximum Gasteiger partial charge on any atom is 0.138 e. The molecule has 108 valence electrons. The highest BCUT2D eigenvalue weighted by atomic mass is 32.1. The lowest BCUT2D eigenvalue weighted by molar-refractivity contribution is 0.200. The highest BCUT2D eigenvalue weighted by Crippen LogP contribution is 2.35. The van der Waals surface area contributed by atoms with Crippen molar-refractivity contribution in [1.82, 2.24) is 0 Å². The Balaban J connectivity index is 1.95. The van der Waals surface area contributed by atoms with Crippen molar-refractivity contribution < 1.29 is 9.13 Å². The monoisotopic (exact) mass is 301 g/mol. The largest absolute Gasteiger partial charge is 0.484 e. The summed E-state index contributed by atoms with van der Waals surface area (Å²) in [5.74, 6) is 0.498. The van der Waals surface area contributed by atoms with E-state index in [0.717, 1.165) is 10.3 Å². The van der Waals surface area contributed by atoms with E-state index in [1.54, 1.807) is 12.1 Å². The number of thiophene rings is 1. The molecule has 2 N–H and O–H groups in total.